The van der Waals surface area contributed by atoms with Gasteiger partial charge in [-0.05, 0) is 44.7 Å². The Balaban J connectivity index is 1.57. The van der Waals surface area contributed by atoms with Crippen LogP contribution in [-0.4, -0.2) is 41.9 Å². The van der Waals surface area contributed by atoms with E-state index in [1.807, 2.05) is 6.92 Å². The molecular formula is C20H28N4O3S2. The Kier molecular flexibility index (Phi) is 7.02. The number of piperidine rings is 1. The van der Waals surface area contributed by atoms with Gasteiger partial charge in [0.05, 0.1) is 4.90 Å². The maximum atomic E-state index is 12.8. The second-order valence-electron chi connectivity index (χ2n) is 7.44. The fourth-order valence-corrected chi connectivity index (χ4v) is 6.00. The van der Waals surface area contributed by atoms with E-state index in [1.165, 1.54) is 15.6 Å². The molecule has 158 valence electrons. The predicted octanol–water partition coefficient (Wildman–Crippen LogP) is 3.79. The number of carbonyl (C=O) groups is 1. The van der Waals surface area contributed by atoms with E-state index in [0.29, 0.717) is 41.9 Å². The van der Waals surface area contributed by atoms with E-state index in [1.54, 1.807) is 24.3 Å². The number of anilines is 1. The maximum absolute atomic E-state index is 12.8. The Bertz CT molecular complexity index is 929. The Hall–Kier alpha value is -1.84. The zero-order chi connectivity index (χ0) is 21.0. The van der Waals surface area contributed by atoms with Gasteiger partial charge in [0.1, 0.15) is 5.01 Å². The van der Waals surface area contributed by atoms with Crippen LogP contribution in [0.5, 0.6) is 0 Å². The molecule has 1 N–H and O–H groups in total. The highest BCUT2D eigenvalue weighted by molar-refractivity contribution is 7.89. The molecule has 0 aliphatic carbocycles. The highest BCUT2D eigenvalue weighted by Crippen LogP contribution is 2.29. The lowest BCUT2D eigenvalue weighted by Crippen LogP contribution is -2.41. The number of rotatable bonds is 7. The summed E-state index contributed by atoms with van der Waals surface area (Å²) >= 11 is 1.43. The molecule has 1 fully saturated rings. The number of nitrogens with one attached hydrogen (secondary N) is 1. The molecule has 1 amide bonds. The summed E-state index contributed by atoms with van der Waals surface area (Å²) in [4.78, 5) is 12.9. The number of nitrogens with zero attached hydrogens (tertiary/aromatic N) is 3. The van der Waals surface area contributed by atoms with Gasteiger partial charge in [-0.15, -0.1) is 10.2 Å². The molecule has 0 unspecified atom stereocenters. The highest BCUT2D eigenvalue weighted by atomic mass is 32.2. The quantitative estimate of drug-likeness (QED) is 0.713. The van der Waals surface area contributed by atoms with Gasteiger partial charge < -0.3 is 5.32 Å². The number of aryl methyl sites for hydroxylation is 1. The Morgan fingerprint density at radius 1 is 1.17 bits per heavy atom. The van der Waals surface area contributed by atoms with Crippen LogP contribution in [0.4, 0.5) is 5.13 Å². The standard InChI is InChI=1S/C20H28N4O3S2/c1-4-15(5-2)19-22-23-20(28-19)21-18(25)16-10-12-24(13-11-16)29(26,27)17-8-6-14(3)7-9-17/h6-9,15-16H,4-5,10-13H2,1-3H3,(H,21,23,25). The summed E-state index contributed by atoms with van der Waals surface area (Å²) in [5, 5.41) is 12.6. The van der Waals surface area contributed by atoms with Crippen LogP contribution in [0.15, 0.2) is 29.2 Å². The largest absolute Gasteiger partial charge is 0.300 e. The minimum Gasteiger partial charge on any atom is -0.300 e. The molecule has 0 atom stereocenters. The summed E-state index contributed by atoms with van der Waals surface area (Å²) in [7, 11) is -3.52. The molecular weight excluding hydrogens is 408 g/mol. The van der Waals surface area contributed by atoms with Crippen molar-refractivity contribution in [1.82, 2.24) is 14.5 Å². The minimum absolute atomic E-state index is 0.107. The highest BCUT2D eigenvalue weighted by Gasteiger charge is 2.32. The molecule has 3 rings (SSSR count). The van der Waals surface area contributed by atoms with Crippen LogP contribution in [0, 0.1) is 12.8 Å². The lowest BCUT2D eigenvalue weighted by atomic mass is 9.97. The molecule has 1 aliphatic heterocycles. The maximum Gasteiger partial charge on any atom is 0.243 e. The number of benzene rings is 1. The second kappa shape index (κ2) is 9.32. The molecule has 1 aromatic heterocycles. The first-order chi connectivity index (χ1) is 13.8. The van der Waals surface area contributed by atoms with Gasteiger partial charge in [-0.3, -0.25) is 4.79 Å². The van der Waals surface area contributed by atoms with Crippen LogP contribution in [-0.2, 0) is 14.8 Å². The second-order valence-corrected chi connectivity index (χ2v) is 10.4. The third kappa shape index (κ3) is 5.02. The third-order valence-electron chi connectivity index (χ3n) is 5.49. The van der Waals surface area contributed by atoms with Crippen molar-refractivity contribution in [2.75, 3.05) is 18.4 Å². The summed E-state index contributed by atoms with van der Waals surface area (Å²) in [6.45, 7) is 6.83. The van der Waals surface area contributed by atoms with Gasteiger partial charge in [0.25, 0.3) is 0 Å². The molecule has 0 radical (unpaired) electrons. The minimum atomic E-state index is -3.52. The van der Waals surface area contributed by atoms with Crippen LogP contribution in [0.2, 0.25) is 0 Å². The molecule has 2 aromatic rings. The van der Waals surface area contributed by atoms with Crippen molar-refractivity contribution in [3.8, 4) is 0 Å². The van der Waals surface area contributed by atoms with Crippen LogP contribution in [0.25, 0.3) is 0 Å². The smallest absolute Gasteiger partial charge is 0.243 e. The van der Waals surface area contributed by atoms with Crippen molar-refractivity contribution in [2.45, 2.75) is 57.3 Å². The summed E-state index contributed by atoms with van der Waals surface area (Å²) in [5.41, 5.74) is 1.02. The number of carbonyl (C=O) groups excluding carboxylic acids is 1. The normalized spacial score (nSPS) is 16.3. The van der Waals surface area contributed by atoms with E-state index < -0.39 is 10.0 Å². The molecule has 0 saturated carbocycles. The molecule has 2 heterocycles. The summed E-state index contributed by atoms with van der Waals surface area (Å²) in [6, 6.07) is 6.86. The van der Waals surface area contributed by atoms with Gasteiger partial charge in [0.2, 0.25) is 21.1 Å². The van der Waals surface area contributed by atoms with Crippen LogP contribution < -0.4 is 5.32 Å². The molecule has 1 aromatic carbocycles. The average molecular weight is 437 g/mol. The van der Waals surface area contributed by atoms with Gasteiger partial charge in [0.15, 0.2) is 0 Å². The van der Waals surface area contributed by atoms with E-state index >= 15 is 0 Å². The topological polar surface area (TPSA) is 92.3 Å². The first-order valence-electron chi connectivity index (χ1n) is 10.1. The predicted molar refractivity (Wildman–Crippen MR) is 115 cm³/mol. The zero-order valence-corrected chi connectivity index (χ0v) is 18.7. The number of sulfonamides is 1. The number of aromatic nitrogens is 2. The third-order valence-corrected chi connectivity index (χ3v) is 8.40. The van der Waals surface area contributed by atoms with Gasteiger partial charge >= 0.3 is 0 Å². The van der Waals surface area contributed by atoms with Crippen LogP contribution in [0.3, 0.4) is 0 Å². The van der Waals surface area contributed by atoms with E-state index in [-0.39, 0.29) is 11.8 Å². The lowest BCUT2D eigenvalue weighted by molar-refractivity contribution is -0.120. The Morgan fingerprint density at radius 3 is 2.38 bits per heavy atom. The molecule has 0 bridgehead atoms. The van der Waals surface area contributed by atoms with Crippen molar-refractivity contribution in [3.05, 3.63) is 34.8 Å². The number of amides is 1. The van der Waals surface area contributed by atoms with E-state index in [4.69, 9.17) is 0 Å². The van der Waals surface area contributed by atoms with Gasteiger partial charge in [-0.2, -0.15) is 4.31 Å². The Labute approximate surface area is 176 Å². The summed E-state index contributed by atoms with van der Waals surface area (Å²) < 4.78 is 27.1. The van der Waals surface area contributed by atoms with E-state index in [9.17, 15) is 13.2 Å². The number of hydrogen-bond donors (Lipinski definition) is 1. The summed E-state index contributed by atoms with van der Waals surface area (Å²) in [6.07, 6.45) is 2.98. The zero-order valence-electron chi connectivity index (χ0n) is 17.1. The molecule has 1 aliphatic rings. The Morgan fingerprint density at radius 2 is 1.79 bits per heavy atom. The molecule has 9 heteroatoms. The van der Waals surface area contributed by atoms with Crippen molar-refractivity contribution in [1.29, 1.82) is 0 Å². The lowest BCUT2D eigenvalue weighted by Gasteiger charge is -2.30. The van der Waals surface area contributed by atoms with Crippen molar-refractivity contribution >= 4 is 32.4 Å². The molecule has 0 spiro atoms. The van der Waals surface area contributed by atoms with E-state index in [0.717, 1.165) is 23.4 Å². The van der Waals surface area contributed by atoms with Crippen LogP contribution >= 0.6 is 11.3 Å². The fraction of sp³-hybridized carbons (Fsp3) is 0.550. The SMILES string of the molecule is CCC(CC)c1nnc(NC(=O)C2CCN(S(=O)(=O)c3ccc(C)cc3)CC2)s1. The van der Waals surface area contributed by atoms with Gasteiger partial charge in [0, 0.05) is 24.9 Å². The van der Waals surface area contributed by atoms with Crippen LogP contribution in [0.1, 0.15) is 56.0 Å². The average Bonchev–Trinajstić information content (AvgIpc) is 3.17. The monoisotopic (exact) mass is 436 g/mol. The summed E-state index contributed by atoms with van der Waals surface area (Å²) in [5.74, 6) is 0.0398. The fourth-order valence-electron chi connectivity index (χ4n) is 3.51. The van der Waals surface area contributed by atoms with Gasteiger partial charge in [-0.1, -0.05) is 42.9 Å². The first-order valence-corrected chi connectivity index (χ1v) is 12.3. The van der Waals surface area contributed by atoms with Gasteiger partial charge in [-0.25, -0.2) is 8.42 Å². The van der Waals surface area contributed by atoms with Crippen molar-refractivity contribution < 1.29 is 13.2 Å². The van der Waals surface area contributed by atoms with Crippen molar-refractivity contribution in [2.24, 2.45) is 5.92 Å². The van der Waals surface area contributed by atoms with E-state index in [2.05, 4.69) is 29.4 Å². The van der Waals surface area contributed by atoms with Crippen molar-refractivity contribution in [3.63, 3.8) is 0 Å². The number of hydrogen-bond acceptors (Lipinski definition) is 6. The molecule has 7 nitrogen and oxygen atoms in total. The first kappa shape index (κ1) is 21.9. The molecule has 29 heavy (non-hydrogen) atoms. The molecule has 1 saturated heterocycles.